The van der Waals surface area contributed by atoms with Crippen LogP contribution >= 0.6 is 47.8 Å². The molecule has 2 aliphatic rings. The maximum Gasteiger partial charge on any atom is 0.100 e. The van der Waals surface area contributed by atoms with Crippen LogP contribution in [0.5, 0.6) is 0 Å². The molecule has 0 aromatic heterocycles. The zero-order valence-corrected chi connectivity index (χ0v) is 11.0. The molecule has 2 aliphatic carbocycles. The van der Waals surface area contributed by atoms with E-state index in [-0.39, 0.29) is 3.23 Å². The van der Waals surface area contributed by atoms with Gasteiger partial charge in [-0.3, -0.25) is 0 Å². The summed E-state index contributed by atoms with van der Waals surface area (Å²) in [6.45, 7) is 0. The molecule has 0 nitrogen and oxygen atoms in total. The summed E-state index contributed by atoms with van der Waals surface area (Å²) in [5.41, 5.74) is 0. The Kier molecular flexibility index (Phi) is 2.22. The van der Waals surface area contributed by atoms with Crippen LogP contribution in [0.15, 0.2) is 0 Å². The van der Waals surface area contributed by atoms with Crippen LogP contribution < -0.4 is 0 Å². The number of hydrogen-bond acceptors (Lipinski definition) is 0. The van der Waals surface area contributed by atoms with Crippen molar-refractivity contribution < 1.29 is 0 Å². The lowest BCUT2D eigenvalue weighted by Crippen LogP contribution is -2.06. The van der Waals surface area contributed by atoms with Crippen molar-refractivity contribution in [2.75, 3.05) is 0 Å². The van der Waals surface area contributed by atoms with Crippen LogP contribution in [0.1, 0.15) is 32.1 Å². The lowest BCUT2D eigenvalue weighted by molar-refractivity contribution is 0.646. The number of rotatable bonds is 0. The molecule has 0 bridgehead atoms. The van der Waals surface area contributed by atoms with Crippen molar-refractivity contribution in [2.45, 2.75) is 39.7 Å². The van der Waals surface area contributed by atoms with Gasteiger partial charge in [0.15, 0.2) is 0 Å². The third kappa shape index (κ3) is 1.18. The van der Waals surface area contributed by atoms with Crippen molar-refractivity contribution in [1.82, 2.24) is 0 Å². The van der Waals surface area contributed by atoms with E-state index in [0.717, 1.165) is 5.92 Å². The van der Waals surface area contributed by atoms with Gasteiger partial charge < -0.3 is 0 Å². The van der Waals surface area contributed by atoms with Gasteiger partial charge in [0.25, 0.3) is 0 Å². The Morgan fingerprint density at radius 2 is 1.73 bits per heavy atom. The fourth-order valence-corrected chi connectivity index (χ4v) is 5.75. The summed E-state index contributed by atoms with van der Waals surface area (Å²) >= 11 is 11.3. The third-order valence-electron chi connectivity index (χ3n) is 2.99. The van der Waals surface area contributed by atoms with E-state index in [0.29, 0.717) is 4.32 Å². The van der Waals surface area contributed by atoms with E-state index in [1.165, 1.54) is 32.1 Å². The van der Waals surface area contributed by atoms with Crippen LogP contribution in [-0.2, 0) is 0 Å². The van der Waals surface area contributed by atoms with Crippen LogP contribution in [0.2, 0.25) is 0 Å². The molecule has 11 heavy (non-hydrogen) atoms. The Hall–Kier alpha value is 1.44. The fourth-order valence-electron chi connectivity index (χ4n) is 2.16. The Labute approximate surface area is 92.9 Å². The standard InChI is InChI=1S/C8H11Br3/c9-7-5-3-1-2-4-6(7)8(7,10)11/h6H,1-5H2. The van der Waals surface area contributed by atoms with Gasteiger partial charge in [-0.1, -0.05) is 67.1 Å². The Bertz CT molecular complexity index is 178. The van der Waals surface area contributed by atoms with Crippen LogP contribution in [0, 0.1) is 5.92 Å². The second-order valence-electron chi connectivity index (χ2n) is 3.64. The van der Waals surface area contributed by atoms with E-state index in [9.17, 15) is 0 Å². The van der Waals surface area contributed by atoms with Gasteiger partial charge in [0.2, 0.25) is 0 Å². The predicted octanol–water partition coefficient (Wildman–Crippen LogP) is 4.20. The molecule has 0 aromatic rings. The van der Waals surface area contributed by atoms with Crippen molar-refractivity contribution in [3.63, 3.8) is 0 Å². The molecule has 2 saturated carbocycles. The zero-order valence-electron chi connectivity index (χ0n) is 6.25. The highest BCUT2D eigenvalue weighted by Crippen LogP contribution is 2.74. The summed E-state index contributed by atoms with van der Waals surface area (Å²) in [7, 11) is 0. The van der Waals surface area contributed by atoms with Gasteiger partial charge in [0.1, 0.15) is 3.23 Å². The van der Waals surface area contributed by atoms with E-state index in [1.54, 1.807) is 0 Å². The van der Waals surface area contributed by atoms with Gasteiger partial charge in [-0.15, -0.1) is 0 Å². The summed E-state index contributed by atoms with van der Waals surface area (Å²) in [6.07, 6.45) is 6.87. The van der Waals surface area contributed by atoms with Crippen molar-refractivity contribution in [3.8, 4) is 0 Å². The molecule has 64 valence electrons. The molecule has 2 rings (SSSR count). The summed E-state index contributed by atoms with van der Waals surface area (Å²) in [4.78, 5) is 0. The summed E-state index contributed by atoms with van der Waals surface area (Å²) < 4.78 is 0.587. The molecule has 2 atom stereocenters. The van der Waals surface area contributed by atoms with Gasteiger partial charge in [-0.2, -0.15) is 0 Å². The minimum Gasteiger partial charge on any atom is -0.0825 e. The van der Waals surface area contributed by atoms with Crippen molar-refractivity contribution >= 4 is 47.8 Å². The highest BCUT2D eigenvalue weighted by atomic mass is 79.9. The van der Waals surface area contributed by atoms with Crippen molar-refractivity contribution in [1.29, 1.82) is 0 Å². The highest BCUT2D eigenvalue weighted by Gasteiger charge is 2.72. The first-order valence-corrected chi connectivity index (χ1v) is 6.54. The number of hydrogen-bond donors (Lipinski definition) is 0. The van der Waals surface area contributed by atoms with E-state index >= 15 is 0 Å². The lowest BCUT2D eigenvalue weighted by Gasteiger charge is -2.08. The minimum absolute atomic E-state index is 0.216. The Morgan fingerprint density at radius 3 is 2.45 bits per heavy atom. The average Bonchev–Trinajstić information content (AvgIpc) is 2.43. The summed E-state index contributed by atoms with van der Waals surface area (Å²) in [6, 6.07) is 0. The van der Waals surface area contributed by atoms with Gasteiger partial charge in [-0.05, 0) is 12.8 Å². The highest BCUT2D eigenvalue weighted by molar-refractivity contribution is 9.26. The molecule has 0 aromatic carbocycles. The molecular formula is C8H11Br3. The van der Waals surface area contributed by atoms with Crippen molar-refractivity contribution in [2.24, 2.45) is 5.92 Å². The van der Waals surface area contributed by atoms with Crippen molar-refractivity contribution in [3.05, 3.63) is 0 Å². The smallest absolute Gasteiger partial charge is 0.0825 e. The third-order valence-corrected chi connectivity index (χ3v) is 8.15. The van der Waals surface area contributed by atoms with Gasteiger partial charge in [0.05, 0.1) is 4.32 Å². The topological polar surface area (TPSA) is 0 Å². The molecule has 0 radical (unpaired) electrons. The number of fused-ring (bicyclic) bond motifs is 1. The molecule has 3 heteroatoms. The largest absolute Gasteiger partial charge is 0.100 e. The SMILES string of the molecule is BrC1(Br)C2CCCCCC21Br. The van der Waals surface area contributed by atoms with Gasteiger partial charge in [-0.25, -0.2) is 0 Å². The quantitative estimate of drug-likeness (QED) is 0.577. The molecule has 2 unspecified atom stereocenters. The molecule has 0 saturated heterocycles. The lowest BCUT2D eigenvalue weighted by atomic mass is 10.2. The number of alkyl halides is 3. The summed E-state index contributed by atoms with van der Waals surface area (Å²) in [5, 5.41) is 0. The maximum atomic E-state index is 3.84. The normalized spacial score (nSPS) is 47.7. The van der Waals surface area contributed by atoms with Crippen LogP contribution in [0.3, 0.4) is 0 Å². The molecule has 0 aliphatic heterocycles. The molecular weight excluding hydrogens is 336 g/mol. The second kappa shape index (κ2) is 2.71. The first kappa shape index (κ1) is 9.01. The summed E-state index contributed by atoms with van der Waals surface area (Å²) in [5.74, 6) is 0.803. The molecule has 0 amide bonds. The molecule has 0 N–H and O–H groups in total. The molecule has 0 heterocycles. The van der Waals surface area contributed by atoms with Crippen LogP contribution in [0.25, 0.3) is 0 Å². The molecule has 0 spiro atoms. The minimum atomic E-state index is 0.216. The predicted molar refractivity (Wildman–Crippen MR) is 58.8 cm³/mol. The van der Waals surface area contributed by atoms with Crippen LogP contribution in [0.4, 0.5) is 0 Å². The first-order valence-electron chi connectivity index (χ1n) is 4.16. The van der Waals surface area contributed by atoms with Gasteiger partial charge >= 0.3 is 0 Å². The van der Waals surface area contributed by atoms with E-state index in [1.807, 2.05) is 0 Å². The fraction of sp³-hybridized carbons (Fsp3) is 1.00. The average molecular weight is 347 g/mol. The maximum absolute atomic E-state index is 3.84. The second-order valence-corrected chi connectivity index (χ2v) is 8.62. The Morgan fingerprint density at radius 1 is 1.00 bits per heavy atom. The van der Waals surface area contributed by atoms with Crippen LogP contribution in [-0.4, -0.2) is 7.56 Å². The monoisotopic (exact) mass is 344 g/mol. The zero-order chi connectivity index (χ0) is 8.11. The first-order chi connectivity index (χ1) is 5.09. The number of halogens is 3. The molecule has 2 fully saturated rings. The Balaban J connectivity index is 2.15. The van der Waals surface area contributed by atoms with E-state index in [4.69, 9.17) is 0 Å². The van der Waals surface area contributed by atoms with E-state index in [2.05, 4.69) is 47.8 Å². The van der Waals surface area contributed by atoms with E-state index < -0.39 is 0 Å². The van der Waals surface area contributed by atoms with Gasteiger partial charge in [0, 0.05) is 5.92 Å².